The molecule has 1 atom stereocenters. The third kappa shape index (κ3) is 3.46. The van der Waals surface area contributed by atoms with E-state index >= 15 is 0 Å². The molecule has 24 heavy (non-hydrogen) atoms. The number of aliphatic carboxylic acids is 1. The molecule has 0 aliphatic carbocycles. The molecule has 1 aliphatic rings. The maximum absolute atomic E-state index is 11.5. The van der Waals surface area contributed by atoms with Gasteiger partial charge in [0, 0.05) is 23.4 Å². The molecule has 0 bridgehead atoms. The Morgan fingerprint density at radius 3 is 3.04 bits per heavy atom. The maximum atomic E-state index is 11.5. The fraction of sp³-hybridized carbons (Fsp3) is 0.353. The highest BCUT2D eigenvalue weighted by Crippen LogP contribution is 2.34. The Bertz CT molecular complexity index is 738. The van der Waals surface area contributed by atoms with E-state index in [1.165, 1.54) is 6.33 Å². The number of fused-ring (bicyclic) bond motifs is 3. The smallest absolute Gasteiger partial charge is 0.326 e. The van der Waals surface area contributed by atoms with E-state index in [0.717, 1.165) is 41.2 Å². The van der Waals surface area contributed by atoms with Crippen molar-refractivity contribution in [3.8, 4) is 11.3 Å². The number of carboxylic acid groups (broad SMARTS) is 1. The average molecular weight is 344 g/mol. The number of rotatable bonds is 6. The van der Waals surface area contributed by atoms with Gasteiger partial charge in [-0.3, -0.25) is 0 Å². The van der Waals surface area contributed by atoms with Crippen LogP contribution in [0.1, 0.15) is 12.0 Å². The molecule has 6 nitrogen and oxygen atoms in total. The summed E-state index contributed by atoms with van der Waals surface area (Å²) in [5.41, 5.74) is 3.89. The number of thioether (sulfide) groups is 1. The van der Waals surface area contributed by atoms with Crippen LogP contribution in [-0.2, 0) is 11.2 Å². The molecular formula is C17H20N4O2S. The molecule has 3 N–H and O–H groups in total. The number of nitrogens with zero attached hydrogens (tertiary/aromatic N) is 2. The summed E-state index contributed by atoms with van der Waals surface area (Å²) in [7, 11) is 0. The molecule has 1 aliphatic heterocycles. The van der Waals surface area contributed by atoms with Crippen LogP contribution in [0.25, 0.3) is 11.3 Å². The van der Waals surface area contributed by atoms with Gasteiger partial charge in [-0.15, -0.1) is 0 Å². The second kappa shape index (κ2) is 7.53. The molecular weight excluding hydrogens is 324 g/mol. The zero-order chi connectivity index (χ0) is 16.9. The Balaban J connectivity index is 1.96. The fourth-order valence-corrected chi connectivity index (χ4v) is 3.30. The van der Waals surface area contributed by atoms with Crippen LogP contribution in [0.4, 0.5) is 11.5 Å². The second-order valence-corrected chi connectivity index (χ2v) is 6.57. The SMILES string of the molecule is CSCCC(Nc1ncnc2c1CCNc1ccccc1-2)C(=O)O. The summed E-state index contributed by atoms with van der Waals surface area (Å²) >= 11 is 1.63. The highest BCUT2D eigenvalue weighted by molar-refractivity contribution is 7.98. The quantitative estimate of drug-likeness (QED) is 0.742. The molecule has 1 aromatic heterocycles. The van der Waals surface area contributed by atoms with Crippen LogP contribution in [0.3, 0.4) is 0 Å². The third-order valence-electron chi connectivity index (χ3n) is 4.04. The van der Waals surface area contributed by atoms with E-state index in [1.54, 1.807) is 11.8 Å². The summed E-state index contributed by atoms with van der Waals surface area (Å²) in [4.78, 5) is 20.3. The first-order chi connectivity index (χ1) is 11.7. The Morgan fingerprint density at radius 2 is 2.25 bits per heavy atom. The van der Waals surface area contributed by atoms with Crippen LogP contribution >= 0.6 is 11.8 Å². The molecule has 0 saturated heterocycles. The number of benzene rings is 1. The summed E-state index contributed by atoms with van der Waals surface area (Å²) in [5, 5.41) is 16.0. The van der Waals surface area contributed by atoms with E-state index in [9.17, 15) is 9.90 Å². The number of aromatic nitrogens is 2. The first kappa shape index (κ1) is 16.6. The molecule has 2 aromatic rings. The van der Waals surface area contributed by atoms with Gasteiger partial charge < -0.3 is 15.7 Å². The van der Waals surface area contributed by atoms with Crippen LogP contribution in [0.5, 0.6) is 0 Å². The largest absolute Gasteiger partial charge is 0.480 e. The van der Waals surface area contributed by atoms with Gasteiger partial charge in [0.2, 0.25) is 0 Å². The van der Waals surface area contributed by atoms with Crippen molar-refractivity contribution in [3.05, 3.63) is 36.2 Å². The number of carbonyl (C=O) groups is 1. The molecule has 0 spiro atoms. The maximum Gasteiger partial charge on any atom is 0.326 e. The Morgan fingerprint density at radius 1 is 1.42 bits per heavy atom. The summed E-state index contributed by atoms with van der Waals surface area (Å²) in [6.07, 6.45) is 4.75. The van der Waals surface area contributed by atoms with E-state index in [-0.39, 0.29) is 0 Å². The third-order valence-corrected chi connectivity index (χ3v) is 4.68. The molecule has 0 fully saturated rings. The highest BCUT2D eigenvalue weighted by Gasteiger charge is 2.23. The number of hydrogen-bond acceptors (Lipinski definition) is 6. The predicted molar refractivity (Wildman–Crippen MR) is 97.7 cm³/mol. The van der Waals surface area contributed by atoms with Crippen molar-refractivity contribution in [1.29, 1.82) is 0 Å². The van der Waals surface area contributed by atoms with Gasteiger partial charge in [0.25, 0.3) is 0 Å². The summed E-state index contributed by atoms with van der Waals surface area (Å²) in [6, 6.07) is 7.36. The second-order valence-electron chi connectivity index (χ2n) is 5.59. The lowest BCUT2D eigenvalue weighted by Gasteiger charge is -2.18. The molecule has 3 rings (SSSR count). The minimum atomic E-state index is -0.858. The van der Waals surface area contributed by atoms with Crippen molar-refractivity contribution in [3.63, 3.8) is 0 Å². The lowest BCUT2D eigenvalue weighted by atomic mass is 10.0. The van der Waals surface area contributed by atoms with Gasteiger partial charge in [0.1, 0.15) is 18.2 Å². The van der Waals surface area contributed by atoms with E-state index in [4.69, 9.17) is 0 Å². The molecule has 0 saturated carbocycles. The zero-order valence-corrected chi connectivity index (χ0v) is 14.3. The number of hydrogen-bond donors (Lipinski definition) is 3. The topological polar surface area (TPSA) is 87.1 Å². The Kier molecular flexibility index (Phi) is 5.20. The zero-order valence-electron chi connectivity index (χ0n) is 13.5. The van der Waals surface area contributed by atoms with Gasteiger partial charge in [0.05, 0.1) is 5.69 Å². The van der Waals surface area contributed by atoms with Gasteiger partial charge in [-0.1, -0.05) is 18.2 Å². The van der Waals surface area contributed by atoms with Crippen molar-refractivity contribution < 1.29 is 9.90 Å². The first-order valence-electron chi connectivity index (χ1n) is 7.86. The van der Waals surface area contributed by atoms with Gasteiger partial charge in [-0.05, 0) is 30.9 Å². The van der Waals surface area contributed by atoms with E-state index in [2.05, 4.69) is 20.6 Å². The normalized spacial score (nSPS) is 13.9. The fourth-order valence-electron chi connectivity index (χ4n) is 2.83. The first-order valence-corrected chi connectivity index (χ1v) is 9.25. The van der Waals surface area contributed by atoms with Crippen LogP contribution in [-0.4, -0.2) is 45.6 Å². The molecule has 1 aromatic carbocycles. The summed E-state index contributed by atoms with van der Waals surface area (Å²) in [6.45, 7) is 0.759. The van der Waals surface area contributed by atoms with Crippen molar-refractivity contribution in [2.75, 3.05) is 29.2 Å². The summed E-state index contributed by atoms with van der Waals surface area (Å²) < 4.78 is 0. The van der Waals surface area contributed by atoms with E-state index in [1.807, 2.05) is 30.5 Å². The molecule has 7 heteroatoms. The van der Waals surface area contributed by atoms with Crippen molar-refractivity contribution >= 4 is 29.2 Å². The van der Waals surface area contributed by atoms with Crippen LogP contribution in [0, 0.1) is 0 Å². The number of nitrogens with one attached hydrogen (secondary N) is 2. The lowest BCUT2D eigenvalue weighted by molar-refractivity contribution is -0.137. The Hall–Kier alpha value is -2.28. The number of carboxylic acids is 1. The predicted octanol–water partition coefficient (Wildman–Crippen LogP) is 2.73. The van der Waals surface area contributed by atoms with Crippen molar-refractivity contribution in [2.45, 2.75) is 18.9 Å². The molecule has 2 heterocycles. The van der Waals surface area contributed by atoms with Gasteiger partial charge in [-0.2, -0.15) is 11.8 Å². The van der Waals surface area contributed by atoms with Crippen LogP contribution < -0.4 is 10.6 Å². The molecule has 0 amide bonds. The number of anilines is 2. The van der Waals surface area contributed by atoms with Gasteiger partial charge >= 0.3 is 5.97 Å². The van der Waals surface area contributed by atoms with Crippen molar-refractivity contribution in [2.24, 2.45) is 0 Å². The molecule has 126 valence electrons. The van der Waals surface area contributed by atoms with Gasteiger partial charge in [-0.25, -0.2) is 14.8 Å². The minimum Gasteiger partial charge on any atom is -0.480 e. The lowest BCUT2D eigenvalue weighted by Crippen LogP contribution is -2.31. The van der Waals surface area contributed by atoms with E-state index < -0.39 is 12.0 Å². The Labute approximate surface area is 145 Å². The van der Waals surface area contributed by atoms with E-state index in [0.29, 0.717) is 12.2 Å². The number of para-hydroxylation sites is 1. The van der Waals surface area contributed by atoms with Gasteiger partial charge in [0.15, 0.2) is 0 Å². The van der Waals surface area contributed by atoms with Crippen LogP contribution in [0.2, 0.25) is 0 Å². The van der Waals surface area contributed by atoms with Crippen LogP contribution in [0.15, 0.2) is 30.6 Å². The molecule has 0 radical (unpaired) electrons. The summed E-state index contributed by atoms with van der Waals surface area (Å²) in [5.74, 6) is 0.539. The van der Waals surface area contributed by atoms with Crippen molar-refractivity contribution in [1.82, 2.24) is 9.97 Å². The highest BCUT2D eigenvalue weighted by atomic mass is 32.2. The minimum absolute atomic E-state index is 0.546. The monoisotopic (exact) mass is 344 g/mol. The average Bonchev–Trinajstić information content (AvgIpc) is 2.78. The molecule has 1 unspecified atom stereocenters. The standard InChI is InChI=1S/C17H20N4O2S/c1-24-9-7-14(17(22)23)21-16-12-6-8-18-13-5-3-2-4-11(13)15(12)19-10-20-16/h2-5,10,14,18H,6-9H2,1H3,(H,22,23)(H,19,20,21).